The van der Waals surface area contributed by atoms with Gasteiger partial charge in [-0.05, 0) is 12.1 Å². The number of aromatic nitrogens is 1. The first-order valence-electron chi connectivity index (χ1n) is 6.11. The lowest BCUT2D eigenvalue weighted by atomic mass is 10.2. The number of nitrogens with one attached hydrogen (secondary N) is 1. The van der Waals surface area contributed by atoms with Crippen molar-refractivity contribution in [2.45, 2.75) is 6.42 Å². The molecule has 1 aromatic carbocycles. The summed E-state index contributed by atoms with van der Waals surface area (Å²) in [6, 6.07) is 6.19. The van der Waals surface area contributed by atoms with Crippen molar-refractivity contribution < 1.29 is 12.8 Å². The fourth-order valence-electron chi connectivity index (χ4n) is 1.67. The molecule has 0 aliphatic rings. The standard InChI is InChI=1S/C14H13FN2O2S2/c1-2-8-21(18,19)16-7-6-13-10-20-14(17-13)11-4-3-5-12(15)9-11/h1,3-5,9-10,16H,6-8H2. The molecule has 2 rings (SSSR count). The normalized spacial score (nSPS) is 11.2. The molecule has 7 heteroatoms. The Hall–Kier alpha value is -1.75. The molecule has 4 nitrogen and oxygen atoms in total. The second-order valence-electron chi connectivity index (χ2n) is 4.26. The molecule has 0 bridgehead atoms. The van der Waals surface area contributed by atoms with E-state index >= 15 is 0 Å². The molecule has 0 saturated heterocycles. The van der Waals surface area contributed by atoms with E-state index < -0.39 is 10.0 Å². The van der Waals surface area contributed by atoms with Crippen LogP contribution in [-0.4, -0.2) is 25.7 Å². The summed E-state index contributed by atoms with van der Waals surface area (Å²) in [5, 5.41) is 2.53. The molecule has 2 aromatic rings. The van der Waals surface area contributed by atoms with Crippen molar-refractivity contribution in [3.8, 4) is 22.9 Å². The third-order valence-electron chi connectivity index (χ3n) is 2.60. The van der Waals surface area contributed by atoms with E-state index in [0.717, 1.165) is 5.69 Å². The van der Waals surface area contributed by atoms with E-state index in [2.05, 4.69) is 15.6 Å². The Balaban J connectivity index is 1.97. The Morgan fingerprint density at radius 2 is 2.24 bits per heavy atom. The number of hydrogen-bond acceptors (Lipinski definition) is 4. The Labute approximate surface area is 127 Å². The third kappa shape index (κ3) is 4.63. The van der Waals surface area contributed by atoms with Crippen LogP contribution in [0.3, 0.4) is 0 Å². The topological polar surface area (TPSA) is 59.1 Å². The quantitative estimate of drug-likeness (QED) is 0.827. The summed E-state index contributed by atoms with van der Waals surface area (Å²) in [6.45, 7) is 0.232. The SMILES string of the molecule is C#CCS(=O)(=O)NCCc1csc(-c2cccc(F)c2)n1. The first-order chi connectivity index (χ1) is 10.00. The number of thiazole rings is 1. The van der Waals surface area contributed by atoms with Crippen LogP contribution in [-0.2, 0) is 16.4 Å². The number of benzene rings is 1. The molecule has 110 valence electrons. The van der Waals surface area contributed by atoms with Gasteiger partial charge in [-0.2, -0.15) is 0 Å². The lowest BCUT2D eigenvalue weighted by Gasteiger charge is -2.01. The molecule has 0 aliphatic carbocycles. The van der Waals surface area contributed by atoms with Crippen molar-refractivity contribution >= 4 is 21.4 Å². The van der Waals surface area contributed by atoms with Crippen LogP contribution in [0, 0.1) is 18.2 Å². The number of rotatable bonds is 6. The summed E-state index contributed by atoms with van der Waals surface area (Å²) < 4.78 is 38.3. The largest absolute Gasteiger partial charge is 0.241 e. The molecule has 0 atom stereocenters. The predicted octanol–water partition coefficient (Wildman–Crippen LogP) is 2.04. The monoisotopic (exact) mass is 324 g/mol. The zero-order valence-corrected chi connectivity index (χ0v) is 12.7. The van der Waals surface area contributed by atoms with Gasteiger partial charge in [0.25, 0.3) is 0 Å². The number of nitrogens with zero attached hydrogens (tertiary/aromatic N) is 1. The molecule has 0 radical (unpaired) electrons. The van der Waals surface area contributed by atoms with E-state index in [9.17, 15) is 12.8 Å². The van der Waals surface area contributed by atoms with Gasteiger partial charge in [0.05, 0.1) is 5.69 Å². The Bertz CT molecular complexity index is 763. The molecule has 21 heavy (non-hydrogen) atoms. The highest BCUT2D eigenvalue weighted by Crippen LogP contribution is 2.24. The van der Waals surface area contributed by atoms with Gasteiger partial charge in [0, 0.05) is 23.9 Å². The van der Waals surface area contributed by atoms with E-state index in [1.807, 2.05) is 5.38 Å². The van der Waals surface area contributed by atoms with Gasteiger partial charge in [0.2, 0.25) is 10.0 Å². The predicted molar refractivity (Wildman–Crippen MR) is 81.8 cm³/mol. The van der Waals surface area contributed by atoms with Crippen molar-refractivity contribution in [1.29, 1.82) is 0 Å². The molecule has 0 amide bonds. The molecule has 1 heterocycles. The molecule has 0 fully saturated rings. The Morgan fingerprint density at radius 1 is 1.43 bits per heavy atom. The minimum absolute atomic E-state index is 0.232. The molecule has 0 saturated carbocycles. The average molecular weight is 324 g/mol. The molecule has 1 N–H and O–H groups in total. The second-order valence-corrected chi connectivity index (χ2v) is 6.93. The minimum atomic E-state index is -3.41. The lowest BCUT2D eigenvalue weighted by Crippen LogP contribution is -2.27. The fraction of sp³-hybridized carbons (Fsp3) is 0.214. The third-order valence-corrected chi connectivity index (χ3v) is 4.73. The van der Waals surface area contributed by atoms with Gasteiger partial charge >= 0.3 is 0 Å². The van der Waals surface area contributed by atoms with Gasteiger partial charge in [0.15, 0.2) is 0 Å². The van der Waals surface area contributed by atoms with Crippen molar-refractivity contribution in [2.75, 3.05) is 12.3 Å². The van der Waals surface area contributed by atoms with Crippen LogP contribution < -0.4 is 4.72 Å². The van der Waals surface area contributed by atoms with Crippen molar-refractivity contribution in [3.05, 3.63) is 41.2 Å². The maximum absolute atomic E-state index is 13.2. The first kappa shape index (κ1) is 15.6. The smallest absolute Gasteiger partial charge is 0.222 e. The Morgan fingerprint density at radius 3 is 2.95 bits per heavy atom. The fourth-order valence-corrected chi connectivity index (χ4v) is 3.26. The Kier molecular flexibility index (Phi) is 5.07. The zero-order valence-electron chi connectivity index (χ0n) is 11.0. The van der Waals surface area contributed by atoms with Crippen LogP contribution >= 0.6 is 11.3 Å². The highest BCUT2D eigenvalue weighted by atomic mass is 32.2. The van der Waals surface area contributed by atoms with Crippen molar-refractivity contribution in [3.63, 3.8) is 0 Å². The molecule has 0 aliphatic heterocycles. The highest BCUT2D eigenvalue weighted by molar-refractivity contribution is 7.89. The molecule has 0 spiro atoms. The summed E-state index contributed by atoms with van der Waals surface area (Å²) in [6.07, 6.45) is 5.42. The van der Waals surface area contributed by atoms with Crippen LogP contribution in [0.5, 0.6) is 0 Å². The summed E-state index contributed by atoms with van der Waals surface area (Å²) in [5.41, 5.74) is 1.46. The molecule has 1 aromatic heterocycles. The van der Waals surface area contributed by atoms with Gasteiger partial charge in [-0.15, -0.1) is 17.8 Å². The summed E-state index contributed by atoms with van der Waals surface area (Å²) in [5.74, 6) is 1.44. The van der Waals surface area contributed by atoms with Gasteiger partial charge in [-0.1, -0.05) is 18.1 Å². The van der Waals surface area contributed by atoms with E-state index in [-0.39, 0.29) is 18.1 Å². The summed E-state index contributed by atoms with van der Waals surface area (Å²) in [4.78, 5) is 4.36. The molecule has 0 unspecified atom stereocenters. The molecular formula is C14H13FN2O2S2. The van der Waals surface area contributed by atoms with Gasteiger partial charge < -0.3 is 0 Å². The minimum Gasteiger partial charge on any atom is -0.241 e. The number of halogens is 1. The molecular weight excluding hydrogens is 311 g/mol. The van der Waals surface area contributed by atoms with Gasteiger partial charge in [-0.3, -0.25) is 0 Å². The van der Waals surface area contributed by atoms with E-state index in [4.69, 9.17) is 6.42 Å². The van der Waals surface area contributed by atoms with Crippen LogP contribution in [0.15, 0.2) is 29.6 Å². The number of terminal acetylenes is 1. The maximum Gasteiger partial charge on any atom is 0.222 e. The van der Waals surface area contributed by atoms with E-state index in [1.54, 1.807) is 12.1 Å². The van der Waals surface area contributed by atoms with Crippen molar-refractivity contribution in [1.82, 2.24) is 9.71 Å². The van der Waals surface area contributed by atoms with Crippen LogP contribution in [0.2, 0.25) is 0 Å². The maximum atomic E-state index is 13.2. The van der Waals surface area contributed by atoms with Crippen LogP contribution in [0.4, 0.5) is 4.39 Å². The highest BCUT2D eigenvalue weighted by Gasteiger charge is 2.09. The van der Waals surface area contributed by atoms with Crippen LogP contribution in [0.1, 0.15) is 5.69 Å². The van der Waals surface area contributed by atoms with E-state index in [0.29, 0.717) is 17.0 Å². The number of sulfonamides is 1. The number of hydrogen-bond donors (Lipinski definition) is 1. The second kappa shape index (κ2) is 6.80. The van der Waals surface area contributed by atoms with Crippen molar-refractivity contribution in [2.24, 2.45) is 0 Å². The van der Waals surface area contributed by atoms with Gasteiger partial charge in [-0.25, -0.2) is 22.5 Å². The van der Waals surface area contributed by atoms with Crippen LogP contribution in [0.25, 0.3) is 10.6 Å². The average Bonchev–Trinajstić information content (AvgIpc) is 2.87. The van der Waals surface area contributed by atoms with E-state index in [1.165, 1.54) is 23.5 Å². The zero-order chi connectivity index (χ0) is 15.3. The first-order valence-corrected chi connectivity index (χ1v) is 8.64. The van der Waals surface area contributed by atoms with Gasteiger partial charge in [0.1, 0.15) is 16.6 Å². The lowest BCUT2D eigenvalue weighted by molar-refractivity contribution is 0.585. The summed E-state index contributed by atoms with van der Waals surface area (Å²) in [7, 11) is -3.41. The summed E-state index contributed by atoms with van der Waals surface area (Å²) >= 11 is 1.39.